The van der Waals surface area contributed by atoms with Crippen molar-refractivity contribution in [1.82, 2.24) is 5.32 Å². The number of hydrogen-bond donors (Lipinski definition) is 1. The summed E-state index contributed by atoms with van der Waals surface area (Å²) in [6.45, 7) is 5.37. The standard InChI is InChI=1S/C8H17NO2/c1-3-4-5-6-9-8(2)11-7-10/h7-9H,3-6H2,1-2H3. The number of unbranched alkanes of at least 4 members (excludes halogenated alkanes) is 2. The van der Waals surface area contributed by atoms with Gasteiger partial charge in [-0.2, -0.15) is 0 Å². The molecule has 0 aromatic heterocycles. The van der Waals surface area contributed by atoms with Gasteiger partial charge >= 0.3 is 0 Å². The normalized spacial score (nSPS) is 12.5. The molecule has 1 atom stereocenters. The van der Waals surface area contributed by atoms with Crippen LogP contribution in [0.3, 0.4) is 0 Å². The van der Waals surface area contributed by atoms with Crippen molar-refractivity contribution in [3.63, 3.8) is 0 Å². The van der Waals surface area contributed by atoms with Gasteiger partial charge in [-0.1, -0.05) is 19.8 Å². The first-order valence-electron chi connectivity index (χ1n) is 4.13. The van der Waals surface area contributed by atoms with Crippen LogP contribution in [0.25, 0.3) is 0 Å². The van der Waals surface area contributed by atoms with Gasteiger partial charge in [-0.15, -0.1) is 0 Å². The molecule has 0 aliphatic heterocycles. The predicted octanol–water partition coefficient (Wildman–Crippen LogP) is 1.29. The molecule has 1 unspecified atom stereocenters. The van der Waals surface area contributed by atoms with Crippen LogP contribution in [0.15, 0.2) is 0 Å². The number of carbonyl (C=O) groups is 1. The first kappa shape index (κ1) is 10.4. The molecular weight excluding hydrogens is 142 g/mol. The zero-order chi connectivity index (χ0) is 8.53. The van der Waals surface area contributed by atoms with Crippen molar-refractivity contribution in [3.8, 4) is 0 Å². The average molecular weight is 159 g/mol. The molecule has 3 heteroatoms. The Morgan fingerprint density at radius 1 is 1.55 bits per heavy atom. The first-order valence-corrected chi connectivity index (χ1v) is 4.13. The summed E-state index contributed by atoms with van der Waals surface area (Å²) in [5, 5.41) is 3.06. The zero-order valence-electron chi connectivity index (χ0n) is 7.30. The lowest BCUT2D eigenvalue weighted by atomic mass is 10.2. The molecule has 11 heavy (non-hydrogen) atoms. The van der Waals surface area contributed by atoms with E-state index >= 15 is 0 Å². The maximum absolute atomic E-state index is 9.84. The summed E-state index contributed by atoms with van der Waals surface area (Å²) in [7, 11) is 0. The third kappa shape index (κ3) is 7.33. The molecular formula is C8H17NO2. The summed E-state index contributed by atoms with van der Waals surface area (Å²) in [4.78, 5) is 9.84. The molecule has 1 N–H and O–H groups in total. The second-order valence-electron chi connectivity index (χ2n) is 2.54. The van der Waals surface area contributed by atoms with Gasteiger partial charge in [-0.05, 0) is 19.9 Å². The third-order valence-corrected chi connectivity index (χ3v) is 1.47. The number of rotatable bonds is 7. The highest BCUT2D eigenvalue weighted by Gasteiger charge is 1.97. The van der Waals surface area contributed by atoms with Gasteiger partial charge in [0, 0.05) is 0 Å². The molecule has 3 nitrogen and oxygen atoms in total. The predicted molar refractivity (Wildman–Crippen MR) is 44.1 cm³/mol. The Kier molecular flexibility index (Phi) is 7.15. The summed E-state index contributed by atoms with van der Waals surface area (Å²) in [6, 6.07) is 0. The van der Waals surface area contributed by atoms with Crippen molar-refractivity contribution in [2.45, 2.75) is 39.3 Å². The van der Waals surface area contributed by atoms with Crippen molar-refractivity contribution in [1.29, 1.82) is 0 Å². The zero-order valence-corrected chi connectivity index (χ0v) is 7.30. The highest BCUT2D eigenvalue weighted by atomic mass is 16.5. The lowest BCUT2D eigenvalue weighted by molar-refractivity contribution is -0.134. The van der Waals surface area contributed by atoms with E-state index in [9.17, 15) is 4.79 Å². The molecule has 0 aromatic rings. The summed E-state index contributed by atoms with van der Waals surface area (Å²) in [5.41, 5.74) is 0. The van der Waals surface area contributed by atoms with Crippen LogP contribution in [0.4, 0.5) is 0 Å². The maximum Gasteiger partial charge on any atom is 0.294 e. The molecule has 0 radical (unpaired) electrons. The molecule has 0 aromatic carbocycles. The van der Waals surface area contributed by atoms with E-state index in [1.54, 1.807) is 0 Å². The van der Waals surface area contributed by atoms with Gasteiger partial charge in [0.2, 0.25) is 0 Å². The van der Waals surface area contributed by atoms with Crippen molar-refractivity contribution < 1.29 is 9.53 Å². The summed E-state index contributed by atoms with van der Waals surface area (Å²) < 4.78 is 4.63. The van der Waals surface area contributed by atoms with Crippen molar-refractivity contribution >= 4 is 6.47 Å². The Morgan fingerprint density at radius 3 is 2.82 bits per heavy atom. The fraction of sp³-hybridized carbons (Fsp3) is 0.875. The van der Waals surface area contributed by atoms with Crippen LogP contribution in [-0.2, 0) is 9.53 Å². The monoisotopic (exact) mass is 159 g/mol. The summed E-state index contributed by atoms with van der Waals surface area (Å²) in [5.74, 6) is 0. The molecule has 0 bridgehead atoms. The second-order valence-corrected chi connectivity index (χ2v) is 2.54. The average Bonchev–Trinajstić information content (AvgIpc) is 1.99. The second kappa shape index (κ2) is 7.54. The molecule has 0 saturated carbocycles. The Morgan fingerprint density at radius 2 is 2.27 bits per heavy atom. The largest absolute Gasteiger partial charge is 0.449 e. The molecule has 0 aliphatic carbocycles. The molecule has 0 aliphatic rings. The Balaban J connectivity index is 3.03. The quantitative estimate of drug-likeness (QED) is 0.345. The van der Waals surface area contributed by atoms with E-state index in [2.05, 4.69) is 17.0 Å². The van der Waals surface area contributed by atoms with Crippen molar-refractivity contribution in [3.05, 3.63) is 0 Å². The number of ether oxygens (including phenoxy) is 1. The van der Waals surface area contributed by atoms with E-state index in [1.807, 2.05) is 6.92 Å². The van der Waals surface area contributed by atoms with Gasteiger partial charge in [0.05, 0.1) is 0 Å². The minimum Gasteiger partial charge on any atom is -0.449 e. The van der Waals surface area contributed by atoms with E-state index in [4.69, 9.17) is 0 Å². The van der Waals surface area contributed by atoms with E-state index in [-0.39, 0.29) is 6.23 Å². The lowest BCUT2D eigenvalue weighted by Gasteiger charge is -2.10. The Hall–Kier alpha value is -0.570. The lowest BCUT2D eigenvalue weighted by Crippen LogP contribution is -2.29. The number of nitrogens with one attached hydrogen (secondary N) is 1. The molecule has 0 fully saturated rings. The van der Waals surface area contributed by atoms with Gasteiger partial charge in [-0.3, -0.25) is 10.1 Å². The van der Waals surface area contributed by atoms with Crippen molar-refractivity contribution in [2.24, 2.45) is 0 Å². The van der Waals surface area contributed by atoms with E-state index in [0.29, 0.717) is 6.47 Å². The highest BCUT2D eigenvalue weighted by molar-refractivity contribution is 5.37. The smallest absolute Gasteiger partial charge is 0.294 e. The van der Waals surface area contributed by atoms with E-state index in [0.717, 1.165) is 13.0 Å². The van der Waals surface area contributed by atoms with Gasteiger partial charge in [0.15, 0.2) is 0 Å². The Labute approximate surface area is 68.1 Å². The third-order valence-electron chi connectivity index (χ3n) is 1.47. The molecule has 0 heterocycles. The SMILES string of the molecule is CCCCCNC(C)OC=O. The molecule has 0 saturated heterocycles. The van der Waals surface area contributed by atoms with Gasteiger partial charge in [-0.25, -0.2) is 0 Å². The topological polar surface area (TPSA) is 38.3 Å². The van der Waals surface area contributed by atoms with Gasteiger partial charge in [0.1, 0.15) is 6.23 Å². The number of carbonyl (C=O) groups excluding carboxylic acids is 1. The van der Waals surface area contributed by atoms with Crippen LogP contribution >= 0.6 is 0 Å². The highest BCUT2D eigenvalue weighted by Crippen LogP contribution is 1.92. The van der Waals surface area contributed by atoms with Gasteiger partial charge in [0.25, 0.3) is 6.47 Å². The number of hydrogen-bond acceptors (Lipinski definition) is 3. The molecule has 0 rings (SSSR count). The summed E-state index contributed by atoms with van der Waals surface area (Å²) in [6.07, 6.45) is 3.43. The van der Waals surface area contributed by atoms with Crippen LogP contribution in [-0.4, -0.2) is 19.2 Å². The fourth-order valence-corrected chi connectivity index (χ4v) is 0.812. The molecule has 0 spiro atoms. The van der Waals surface area contributed by atoms with Crippen LogP contribution in [0.5, 0.6) is 0 Å². The van der Waals surface area contributed by atoms with Crippen LogP contribution in [0, 0.1) is 0 Å². The molecule has 0 amide bonds. The Bertz CT molecular complexity index is 96.1. The van der Waals surface area contributed by atoms with Crippen LogP contribution in [0.1, 0.15) is 33.1 Å². The molecule has 66 valence electrons. The van der Waals surface area contributed by atoms with Crippen LogP contribution < -0.4 is 5.32 Å². The van der Waals surface area contributed by atoms with Crippen molar-refractivity contribution in [2.75, 3.05) is 6.54 Å². The summed E-state index contributed by atoms with van der Waals surface area (Å²) >= 11 is 0. The minimum atomic E-state index is -0.149. The first-order chi connectivity index (χ1) is 5.31. The minimum absolute atomic E-state index is 0.149. The van der Waals surface area contributed by atoms with E-state index < -0.39 is 0 Å². The van der Waals surface area contributed by atoms with E-state index in [1.165, 1.54) is 12.8 Å². The van der Waals surface area contributed by atoms with Gasteiger partial charge < -0.3 is 4.74 Å². The van der Waals surface area contributed by atoms with Crippen LogP contribution in [0.2, 0.25) is 0 Å². The maximum atomic E-state index is 9.84. The fourth-order valence-electron chi connectivity index (χ4n) is 0.812.